The summed E-state index contributed by atoms with van der Waals surface area (Å²) in [5.41, 5.74) is -0.217. The molecule has 2 heterocycles. The van der Waals surface area contributed by atoms with Crippen LogP contribution >= 0.6 is 11.3 Å². The van der Waals surface area contributed by atoms with E-state index in [1.54, 1.807) is 0 Å². The van der Waals surface area contributed by atoms with Crippen molar-refractivity contribution in [2.24, 2.45) is 0 Å². The van der Waals surface area contributed by atoms with Gasteiger partial charge in [0.1, 0.15) is 0 Å². The lowest BCUT2D eigenvalue weighted by molar-refractivity contribution is 0.519. The highest BCUT2D eigenvalue weighted by Crippen LogP contribution is 2.13. The minimum atomic E-state index is -3.52. The van der Waals surface area contributed by atoms with Crippen LogP contribution in [0.3, 0.4) is 0 Å². The molecule has 0 radical (unpaired) electrons. The van der Waals surface area contributed by atoms with Gasteiger partial charge in [-0.15, -0.1) is 11.3 Å². The van der Waals surface area contributed by atoms with Crippen molar-refractivity contribution in [1.29, 1.82) is 0 Å². The first-order valence-corrected chi connectivity index (χ1v) is 7.88. The molecule has 0 fully saturated rings. The molecular formula is C12H14N2O3S2. The van der Waals surface area contributed by atoms with Crippen molar-refractivity contribution in [3.05, 3.63) is 51.1 Å². The molecule has 2 aromatic rings. The van der Waals surface area contributed by atoms with Crippen LogP contribution in [0.1, 0.15) is 4.88 Å². The molecule has 5 nitrogen and oxygen atoms in total. The number of thiophene rings is 1. The van der Waals surface area contributed by atoms with E-state index in [1.165, 1.54) is 48.3 Å². The molecule has 0 N–H and O–H groups in total. The molecule has 0 saturated carbocycles. The molecule has 0 aromatic carbocycles. The number of hydrogen-bond acceptors (Lipinski definition) is 4. The summed E-state index contributed by atoms with van der Waals surface area (Å²) in [7, 11) is -0.593. The van der Waals surface area contributed by atoms with Crippen LogP contribution in [0.15, 0.2) is 45.5 Å². The van der Waals surface area contributed by atoms with Gasteiger partial charge in [0.05, 0.1) is 11.4 Å². The Labute approximate surface area is 115 Å². The van der Waals surface area contributed by atoms with Crippen molar-refractivity contribution < 1.29 is 8.42 Å². The maximum Gasteiger partial charge on any atom is 0.250 e. The molecule has 0 aliphatic heterocycles. The molecule has 0 bridgehead atoms. The number of nitrogens with zero attached hydrogens (tertiary/aromatic N) is 2. The zero-order valence-corrected chi connectivity index (χ0v) is 12.2. The molecule has 0 aliphatic rings. The Morgan fingerprint density at radius 1 is 1.26 bits per heavy atom. The smallest absolute Gasteiger partial charge is 0.250 e. The maximum absolute atomic E-state index is 12.0. The second-order valence-electron chi connectivity index (χ2n) is 4.20. The number of sulfonamides is 1. The first-order valence-electron chi connectivity index (χ1n) is 5.56. The fourth-order valence-corrected chi connectivity index (χ4v) is 3.19. The van der Waals surface area contributed by atoms with Gasteiger partial charge < -0.3 is 4.57 Å². The molecule has 0 spiro atoms. The van der Waals surface area contributed by atoms with Crippen LogP contribution in [0.5, 0.6) is 0 Å². The Hall–Kier alpha value is -1.44. The van der Waals surface area contributed by atoms with E-state index in [0.717, 1.165) is 9.18 Å². The molecule has 0 saturated heterocycles. The zero-order chi connectivity index (χ0) is 14.0. The predicted octanol–water partition coefficient (Wildman–Crippen LogP) is 1.21. The van der Waals surface area contributed by atoms with Crippen LogP contribution in [0, 0.1) is 0 Å². The first kappa shape index (κ1) is 14.0. The first-order chi connectivity index (χ1) is 8.91. The third-order valence-electron chi connectivity index (χ3n) is 2.64. The molecular weight excluding hydrogens is 284 g/mol. The third-order valence-corrected chi connectivity index (χ3v) is 5.30. The summed E-state index contributed by atoms with van der Waals surface area (Å²) in [6, 6.07) is 6.42. The normalized spacial score (nSPS) is 11.9. The number of hydrogen-bond donors (Lipinski definition) is 0. The third kappa shape index (κ3) is 2.94. The molecule has 0 aliphatic carbocycles. The summed E-state index contributed by atoms with van der Waals surface area (Å²) in [5.74, 6) is 0. The van der Waals surface area contributed by atoms with E-state index in [9.17, 15) is 13.2 Å². The average Bonchev–Trinajstić information content (AvgIpc) is 2.84. The van der Waals surface area contributed by atoms with Gasteiger partial charge in [0, 0.05) is 31.2 Å². The van der Waals surface area contributed by atoms with E-state index in [0.29, 0.717) is 6.54 Å². The van der Waals surface area contributed by atoms with Gasteiger partial charge in [0.25, 0.3) is 5.56 Å². The second-order valence-corrected chi connectivity index (χ2v) is 7.38. The summed E-state index contributed by atoms with van der Waals surface area (Å²) < 4.78 is 26.6. The van der Waals surface area contributed by atoms with Gasteiger partial charge in [0.2, 0.25) is 10.0 Å². The Morgan fingerprint density at radius 3 is 2.58 bits per heavy atom. The fourth-order valence-electron chi connectivity index (χ4n) is 1.57. The van der Waals surface area contributed by atoms with Gasteiger partial charge >= 0.3 is 0 Å². The largest absolute Gasteiger partial charge is 0.309 e. The highest BCUT2D eigenvalue weighted by molar-refractivity contribution is 7.89. The van der Waals surface area contributed by atoms with Crippen molar-refractivity contribution >= 4 is 21.4 Å². The summed E-state index contributed by atoms with van der Waals surface area (Å²) >= 11 is 1.53. The Bertz CT molecular complexity index is 716. The summed E-state index contributed by atoms with van der Waals surface area (Å²) in [5, 5.41) is 1.92. The van der Waals surface area contributed by atoms with Gasteiger partial charge in [-0.25, -0.2) is 12.7 Å². The Kier molecular flexibility index (Phi) is 3.88. The molecule has 7 heteroatoms. The number of pyridine rings is 1. The topological polar surface area (TPSA) is 59.4 Å². The fraction of sp³-hybridized carbons (Fsp3) is 0.250. The highest BCUT2D eigenvalue weighted by Gasteiger charge is 2.18. The molecule has 102 valence electrons. The lowest BCUT2D eigenvalue weighted by atomic mass is 10.4. The van der Waals surface area contributed by atoms with E-state index in [2.05, 4.69) is 0 Å². The van der Waals surface area contributed by atoms with Crippen LogP contribution in [-0.4, -0.2) is 31.4 Å². The quantitative estimate of drug-likeness (QED) is 0.852. The molecule has 0 amide bonds. The van der Waals surface area contributed by atoms with Gasteiger partial charge in [-0.05, 0) is 17.5 Å². The Balaban J connectivity index is 2.44. The molecule has 19 heavy (non-hydrogen) atoms. The van der Waals surface area contributed by atoms with E-state index < -0.39 is 10.0 Å². The monoisotopic (exact) mass is 298 g/mol. The average molecular weight is 298 g/mol. The lowest BCUT2D eigenvalue weighted by Gasteiger charge is -2.12. The van der Waals surface area contributed by atoms with Gasteiger partial charge in [-0.3, -0.25) is 4.79 Å². The SMILES string of the molecule is CN(C)S(=O)(=O)c1ccc(=O)n(Cc2cccs2)c1. The highest BCUT2D eigenvalue weighted by atomic mass is 32.2. The van der Waals surface area contributed by atoms with E-state index in [4.69, 9.17) is 0 Å². The van der Waals surface area contributed by atoms with Crippen LogP contribution in [0.25, 0.3) is 0 Å². The van der Waals surface area contributed by atoms with Crippen molar-refractivity contribution in [3.63, 3.8) is 0 Å². The van der Waals surface area contributed by atoms with Gasteiger partial charge in [0.15, 0.2) is 0 Å². The van der Waals surface area contributed by atoms with Crippen molar-refractivity contribution in [3.8, 4) is 0 Å². The molecule has 2 aromatic heterocycles. The molecule has 2 rings (SSSR count). The van der Waals surface area contributed by atoms with Crippen LogP contribution in [0.4, 0.5) is 0 Å². The number of rotatable bonds is 4. The second kappa shape index (κ2) is 5.28. The molecule has 0 atom stereocenters. The minimum absolute atomic E-state index is 0.119. The van der Waals surface area contributed by atoms with Gasteiger partial charge in [-0.1, -0.05) is 6.07 Å². The van der Waals surface area contributed by atoms with E-state index in [1.807, 2.05) is 17.5 Å². The van der Waals surface area contributed by atoms with Crippen LogP contribution < -0.4 is 5.56 Å². The predicted molar refractivity (Wildman–Crippen MR) is 75.0 cm³/mol. The minimum Gasteiger partial charge on any atom is -0.309 e. The maximum atomic E-state index is 12.0. The standard InChI is InChI=1S/C12H14N2O3S2/c1-13(2)19(16,17)11-5-6-12(15)14(9-11)8-10-4-3-7-18-10/h3-7,9H,8H2,1-2H3. The molecule has 0 unspecified atom stereocenters. The summed E-state index contributed by atoms with van der Waals surface area (Å²) in [4.78, 5) is 12.9. The van der Waals surface area contributed by atoms with E-state index >= 15 is 0 Å². The van der Waals surface area contributed by atoms with Gasteiger partial charge in [-0.2, -0.15) is 0 Å². The number of aromatic nitrogens is 1. The van der Waals surface area contributed by atoms with Crippen molar-refractivity contribution in [2.75, 3.05) is 14.1 Å². The van der Waals surface area contributed by atoms with Crippen LogP contribution in [-0.2, 0) is 16.6 Å². The van der Waals surface area contributed by atoms with Crippen LogP contribution in [0.2, 0.25) is 0 Å². The van der Waals surface area contributed by atoms with E-state index in [-0.39, 0.29) is 10.5 Å². The lowest BCUT2D eigenvalue weighted by Crippen LogP contribution is -2.26. The summed E-state index contributed by atoms with van der Waals surface area (Å²) in [6.45, 7) is 0.382. The Morgan fingerprint density at radius 2 is 2.00 bits per heavy atom. The zero-order valence-electron chi connectivity index (χ0n) is 10.6. The summed E-state index contributed by atoms with van der Waals surface area (Å²) in [6.07, 6.45) is 1.39. The van der Waals surface area contributed by atoms with Crippen molar-refractivity contribution in [2.45, 2.75) is 11.4 Å². The van der Waals surface area contributed by atoms with Crippen molar-refractivity contribution in [1.82, 2.24) is 8.87 Å².